The number of fused-ring (bicyclic) bond motifs is 1. The van der Waals surface area contributed by atoms with Gasteiger partial charge in [-0.25, -0.2) is 0 Å². The van der Waals surface area contributed by atoms with Crippen LogP contribution in [-0.2, 0) is 11.2 Å². The summed E-state index contributed by atoms with van der Waals surface area (Å²) in [6, 6.07) is 18.5. The molecule has 8 heteroatoms. The zero-order chi connectivity index (χ0) is 24.4. The molecule has 1 saturated carbocycles. The zero-order valence-corrected chi connectivity index (χ0v) is 22.8. The number of carbonyl (C=O) groups is 2. The van der Waals surface area contributed by atoms with Gasteiger partial charge in [0.15, 0.2) is 0 Å². The van der Waals surface area contributed by atoms with E-state index in [1.165, 1.54) is 24.0 Å². The van der Waals surface area contributed by atoms with Gasteiger partial charge in [-0.3, -0.25) is 4.79 Å². The van der Waals surface area contributed by atoms with Gasteiger partial charge in [0.2, 0.25) is 0 Å². The molecule has 0 spiro atoms. The van der Waals surface area contributed by atoms with E-state index in [4.69, 9.17) is 21.1 Å². The summed E-state index contributed by atoms with van der Waals surface area (Å²) in [7, 11) is 0. The Labute approximate surface area is 237 Å². The van der Waals surface area contributed by atoms with E-state index >= 15 is 0 Å². The molecular weight excluding hydrogens is 489 g/mol. The Hall–Kier alpha value is -2.51. The molecule has 0 aromatic heterocycles. The Morgan fingerprint density at radius 2 is 1.75 bits per heavy atom. The van der Waals surface area contributed by atoms with Crippen LogP contribution in [0.15, 0.2) is 60.7 Å². The number of carboxylic acids is 1. The summed E-state index contributed by atoms with van der Waals surface area (Å²) < 4.78 is 11.5. The van der Waals surface area contributed by atoms with Gasteiger partial charge in [-0.15, -0.1) is 0 Å². The number of hydrogen-bond acceptors (Lipinski definition) is 5. The number of carboxylic acid groups (broad SMARTS) is 1. The van der Waals surface area contributed by atoms with Crippen LogP contribution in [-0.4, -0.2) is 25.0 Å². The van der Waals surface area contributed by atoms with Crippen molar-refractivity contribution in [3.8, 4) is 17.2 Å². The summed E-state index contributed by atoms with van der Waals surface area (Å²) in [5.41, 5.74) is 3.62. The van der Waals surface area contributed by atoms with Crippen molar-refractivity contribution in [2.24, 2.45) is 0 Å². The van der Waals surface area contributed by atoms with Crippen LogP contribution in [0, 0.1) is 0 Å². The van der Waals surface area contributed by atoms with Gasteiger partial charge in [0.05, 0.1) is 11.6 Å². The molecule has 1 N–H and O–H groups in total. The fourth-order valence-corrected chi connectivity index (χ4v) is 4.52. The molecule has 1 fully saturated rings. The monoisotopic (exact) mass is 513 g/mol. The molecule has 0 bridgehead atoms. The van der Waals surface area contributed by atoms with E-state index in [1.807, 2.05) is 0 Å². The van der Waals surface area contributed by atoms with Crippen molar-refractivity contribution < 1.29 is 53.7 Å². The third kappa shape index (κ3) is 6.24. The van der Waals surface area contributed by atoms with Crippen LogP contribution in [0.25, 0.3) is 0 Å². The van der Waals surface area contributed by atoms with E-state index < -0.39 is 11.9 Å². The number of rotatable bonds is 8. The van der Waals surface area contributed by atoms with Gasteiger partial charge in [-0.2, -0.15) is 0 Å². The molecule has 1 aliphatic carbocycles. The van der Waals surface area contributed by atoms with Crippen molar-refractivity contribution in [3.05, 3.63) is 87.9 Å². The standard InChI is InChI=1S/C28H26ClNO5.Na/c29-24-15-23-22(28(32)33)12-14-34-25(23)16-26(24)35-21-9-7-20(8-10-21)27(31)30-13-11-17-1-3-18(4-2-17)19-5-6-19;/h1-4,7-10,15-16,19,22H,5-6,11-14H2,(H,30,31)(H,32,33);/q;+1/p-1. The molecule has 1 aliphatic heterocycles. The smallest absolute Gasteiger partial charge is 0.549 e. The SMILES string of the molecule is O=C(NCCc1ccc(C2CC2)cc1)c1ccc(Oc2cc3c(cc2Cl)C(C(=O)[O-])CCO3)cc1.[Na+]. The average Bonchev–Trinajstić information content (AvgIpc) is 3.70. The van der Waals surface area contributed by atoms with Crippen LogP contribution in [0.1, 0.15) is 58.1 Å². The van der Waals surface area contributed by atoms with Crippen LogP contribution in [0.5, 0.6) is 17.2 Å². The quantitative estimate of drug-likeness (QED) is 0.462. The molecule has 0 saturated heterocycles. The van der Waals surface area contributed by atoms with E-state index in [0.29, 0.717) is 41.3 Å². The normalized spacial score (nSPS) is 16.2. The maximum absolute atomic E-state index is 12.5. The van der Waals surface area contributed by atoms with Crippen LogP contribution >= 0.6 is 11.6 Å². The minimum Gasteiger partial charge on any atom is -0.549 e. The molecule has 6 nitrogen and oxygen atoms in total. The Kier molecular flexibility index (Phi) is 8.62. The summed E-state index contributed by atoms with van der Waals surface area (Å²) in [6.45, 7) is 0.833. The first kappa shape index (κ1) is 26.6. The number of nitrogens with one attached hydrogen (secondary N) is 1. The van der Waals surface area contributed by atoms with E-state index in [9.17, 15) is 14.7 Å². The first-order valence-electron chi connectivity index (χ1n) is 11.8. The van der Waals surface area contributed by atoms with E-state index in [2.05, 4.69) is 29.6 Å². The molecule has 3 aromatic carbocycles. The van der Waals surface area contributed by atoms with Crippen molar-refractivity contribution in [3.63, 3.8) is 0 Å². The van der Waals surface area contributed by atoms with Crippen LogP contribution in [0.2, 0.25) is 5.02 Å². The van der Waals surface area contributed by atoms with Gasteiger partial charge in [0.25, 0.3) is 5.91 Å². The Balaban J connectivity index is 0.00000304. The minimum atomic E-state index is -1.15. The van der Waals surface area contributed by atoms with Gasteiger partial charge in [0.1, 0.15) is 17.2 Å². The van der Waals surface area contributed by atoms with Gasteiger partial charge >= 0.3 is 29.6 Å². The summed E-state index contributed by atoms with van der Waals surface area (Å²) >= 11 is 6.34. The first-order valence-corrected chi connectivity index (χ1v) is 12.2. The molecule has 0 radical (unpaired) electrons. The van der Waals surface area contributed by atoms with Gasteiger partial charge in [0, 0.05) is 35.6 Å². The molecule has 36 heavy (non-hydrogen) atoms. The van der Waals surface area contributed by atoms with Gasteiger partial charge in [-0.1, -0.05) is 35.9 Å². The maximum atomic E-state index is 12.5. The minimum absolute atomic E-state index is 0. The van der Waals surface area contributed by atoms with Crippen LogP contribution < -0.4 is 49.5 Å². The predicted molar refractivity (Wildman–Crippen MR) is 130 cm³/mol. The second kappa shape index (κ2) is 11.7. The zero-order valence-electron chi connectivity index (χ0n) is 20.1. The predicted octanol–water partition coefficient (Wildman–Crippen LogP) is 1.60. The molecule has 5 rings (SSSR count). The summed E-state index contributed by atoms with van der Waals surface area (Å²) in [6.07, 6.45) is 3.69. The molecular formula is C28H25ClNNaO5. The number of benzene rings is 3. The van der Waals surface area contributed by atoms with Crippen molar-refractivity contribution in [2.45, 2.75) is 37.5 Å². The molecule has 1 amide bonds. The van der Waals surface area contributed by atoms with Gasteiger partial charge in [-0.05, 0) is 73.1 Å². The third-order valence-corrected chi connectivity index (χ3v) is 6.76. The third-order valence-electron chi connectivity index (χ3n) is 6.46. The topological polar surface area (TPSA) is 87.7 Å². The van der Waals surface area contributed by atoms with Crippen LogP contribution in [0.3, 0.4) is 0 Å². The summed E-state index contributed by atoms with van der Waals surface area (Å²) in [5, 5.41) is 14.6. The molecule has 1 heterocycles. The molecule has 1 atom stereocenters. The second-order valence-corrected chi connectivity index (χ2v) is 9.38. The summed E-state index contributed by atoms with van der Waals surface area (Å²) in [4.78, 5) is 23.9. The molecule has 180 valence electrons. The summed E-state index contributed by atoms with van der Waals surface area (Å²) in [5.74, 6) is -0.0672. The maximum Gasteiger partial charge on any atom is 1.00 e. The Morgan fingerprint density at radius 3 is 2.42 bits per heavy atom. The van der Waals surface area contributed by atoms with Crippen molar-refractivity contribution in [1.82, 2.24) is 5.32 Å². The Bertz CT molecular complexity index is 1240. The van der Waals surface area contributed by atoms with Crippen molar-refractivity contribution in [2.75, 3.05) is 13.2 Å². The van der Waals surface area contributed by atoms with Crippen molar-refractivity contribution in [1.29, 1.82) is 0 Å². The Morgan fingerprint density at radius 1 is 1.03 bits per heavy atom. The second-order valence-electron chi connectivity index (χ2n) is 8.98. The van der Waals surface area contributed by atoms with Crippen molar-refractivity contribution >= 4 is 23.5 Å². The van der Waals surface area contributed by atoms with E-state index in [0.717, 1.165) is 12.3 Å². The number of carbonyl (C=O) groups excluding carboxylic acids is 2. The number of amides is 1. The molecule has 1 unspecified atom stereocenters. The average molecular weight is 514 g/mol. The number of halogens is 1. The first-order chi connectivity index (χ1) is 17.0. The largest absolute Gasteiger partial charge is 1.00 e. The fraction of sp³-hybridized carbons (Fsp3) is 0.286. The van der Waals surface area contributed by atoms with Gasteiger partial charge < -0.3 is 24.7 Å². The van der Waals surface area contributed by atoms with E-state index in [-0.39, 0.29) is 47.1 Å². The number of aliphatic carboxylic acids is 1. The van der Waals surface area contributed by atoms with E-state index in [1.54, 1.807) is 36.4 Å². The molecule has 3 aromatic rings. The fourth-order valence-electron chi connectivity index (χ4n) is 4.31. The van der Waals surface area contributed by atoms with Crippen LogP contribution in [0.4, 0.5) is 0 Å². The number of hydrogen-bond donors (Lipinski definition) is 1. The number of ether oxygens (including phenoxy) is 2. The molecule has 2 aliphatic rings.